The lowest BCUT2D eigenvalue weighted by Crippen LogP contribution is -2.41. The summed E-state index contributed by atoms with van der Waals surface area (Å²) in [6, 6.07) is 14.3. The van der Waals surface area contributed by atoms with Crippen LogP contribution in [-0.4, -0.2) is 34.0 Å². The van der Waals surface area contributed by atoms with Gasteiger partial charge in [-0.15, -0.1) is 0 Å². The minimum absolute atomic E-state index is 0.0123. The summed E-state index contributed by atoms with van der Waals surface area (Å²) in [6.45, 7) is 3.55. The van der Waals surface area contributed by atoms with E-state index in [1.54, 1.807) is 6.20 Å². The fraction of sp³-hybridized carbons (Fsp3) is 0.368. The molecule has 1 aliphatic heterocycles. The van der Waals surface area contributed by atoms with Crippen molar-refractivity contribution >= 4 is 5.97 Å². The van der Waals surface area contributed by atoms with E-state index in [4.69, 9.17) is 0 Å². The zero-order valence-corrected chi connectivity index (χ0v) is 13.4. The third kappa shape index (κ3) is 3.59. The Morgan fingerprint density at radius 3 is 2.87 bits per heavy atom. The maximum atomic E-state index is 11.4. The van der Waals surface area contributed by atoms with Crippen LogP contribution in [0.2, 0.25) is 0 Å². The Morgan fingerprint density at radius 1 is 1.30 bits per heavy atom. The van der Waals surface area contributed by atoms with Crippen LogP contribution in [0.4, 0.5) is 0 Å². The molecular formula is C19H22N2O2. The summed E-state index contributed by atoms with van der Waals surface area (Å²) in [5.74, 6) is -0.988. The van der Waals surface area contributed by atoms with Gasteiger partial charge in [0.1, 0.15) is 0 Å². The Bertz CT molecular complexity index is 672. The molecule has 1 aromatic heterocycles. The molecule has 0 aliphatic carbocycles. The molecule has 1 aliphatic rings. The lowest BCUT2D eigenvalue weighted by Gasteiger charge is -2.37. The van der Waals surface area contributed by atoms with Gasteiger partial charge in [0, 0.05) is 12.7 Å². The number of nitrogens with zero attached hydrogens (tertiary/aromatic N) is 2. The quantitative estimate of drug-likeness (QED) is 0.941. The second-order valence-corrected chi connectivity index (χ2v) is 6.24. The molecule has 0 amide bonds. The standard InChI is InChI=1S/C19H22N2O2/c1-14-6-4-7-15(12-14)18(17-9-2-3-10-20-17)21-11-5-8-16(13-21)19(22)23/h2-4,6-7,9-10,12,16,18H,5,8,11,13H2,1H3,(H,22,23). The van der Waals surface area contributed by atoms with Crippen LogP contribution in [0.25, 0.3) is 0 Å². The number of pyridine rings is 1. The van der Waals surface area contributed by atoms with E-state index in [1.165, 1.54) is 11.1 Å². The molecule has 1 N–H and O–H groups in total. The van der Waals surface area contributed by atoms with E-state index in [9.17, 15) is 9.90 Å². The molecule has 2 unspecified atom stereocenters. The summed E-state index contributed by atoms with van der Waals surface area (Å²) in [4.78, 5) is 18.2. The molecule has 0 bridgehead atoms. The highest BCUT2D eigenvalue weighted by molar-refractivity contribution is 5.70. The second kappa shape index (κ2) is 6.92. The van der Waals surface area contributed by atoms with Crippen molar-refractivity contribution in [3.8, 4) is 0 Å². The van der Waals surface area contributed by atoms with Crippen LogP contribution < -0.4 is 0 Å². The van der Waals surface area contributed by atoms with Gasteiger partial charge in [-0.2, -0.15) is 0 Å². The Labute approximate surface area is 136 Å². The van der Waals surface area contributed by atoms with Gasteiger partial charge in [-0.25, -0.2) is 0 Å². The number of likely N-dealkylation sites (tertiary alicyclic amines) is 1. The van der Waals surface area contributed by atoms with Gasteiger partial charge >= 0.3 is 5.97 Å². The maximum absolute atomic E-state index is 11.4. The van der Waals surface area contributed by atoms with Crippen LogP contribution in [0.3, 0.4) is 0 Å². The first-order valence-electron chi connectivity index (χ1n) is 8.09. The first-order chi connectivity index (χ1) is 11.1. The predicted molar refractivity (Wildman–Crippen MR) is 89.2 cm³/mol. The molecule has 3 rings (SSSR count). The SMILES string of the molecule is Cc1cccc(C(c2ccccn2)N2CCCC(C(=O)O)C2)c1. The Kier molecular flexibility index (Phi) is 4.72. The van der Waals surface area contributed by atoms with Crippen molar-refractivity contribution in [2.75, 3.05) is 13.1 Å². The fourth-order valence-corrected chi connectivity index (χ4v) is 3.39. The van der Waals surface area contributed by atoms with E-state index >= 15 is 0 Å². The van der Waals surface area contributed by atoms with Crippen molar-refractivity contribution in [2.45, 2.75) is 25.8 Å². The van der Waals surface area contributed by atoms with Gasteiger partial charge in [0.25, 0.3) is 0 Å². The first-order valence-corrected chi connectivity index (χ1v) is 8.09. The van der Waals surface area contributed by atoms with Crippen LogP contribution >= 0.6 is 0 Å². The average Bonchev–Trinajstić information content (AvgIpc) is 2.56. The maximum Gasteiger partial charge on any atom is 0.307 e. The van der Waals surface area contributed by atoms with E-state index in [2.05, 4.69) is 41.1 Å². The predicted octanol–water partition coefficient (Wildman–Crippen LogP) is 3.28. The van der Waals surface area contributed by atoms with E-state index in [1.807, 2.05) is 18.2 Å². The normalized spacial score (nSPS) is 20.1. The summed E-state index contributed by atoms with van der Waals surface area (Å²) in [5.41, 5.74) is 3.36. The molecule has 0 saturated carbocycles. The van der Waals surface area contributed by atoms with Crippen molar-refractivity contribution in [3.05, 3.63) is 65.5 Å². The summed E-state index contributed by atoms with van der Waals surface area (Å²) in [5, 5.41) is 9.38. The highest BCUT2D eigenvalue weighted by Crippen LogP contribution is 2.31. The average molecular weight is 310 g/mol. The number of benzene rings is 1. The number of aliphatic carboxylic acids is 1. The van der Waals surface area contributed by atoms with Crippen LogP contribution in [0.15, 0.2) is 48.7 Å². The number of rotatable bonds is 4. The molecule has 2 aromatic rings. The van der Waals surface area contributed by atoms with Gasteiger partial charge in [-0.1, -0.05) is 35.9 Å². The van der Waals surface area contributed by atoms with E-state index < -0.39 is 5.97 Å². The lowest BCUT2D eigenvalue weighted by molar-refractivity contribution is -0.143. The molecule has 2 heterocycles. The zero-order chi connectivity index (χ0) is 16.2. The third-order valence-corrected chi connectivity index (χ3v) is 4.49. The molecule has 4 heteroatoms. The summed E-state index contributed by atoms with van der Waals surface area (Å²) in [7, 11) is 0. The molecule has 1 saturated heterocycles. The molecule has 4 nitrogen and oxygen atoms in total. The number of aromatic nitrogens is 1. The van der Waals surface area contributed by atoms with Crippen LogP contribution in [0.5, 0.6) is 0 Å². The summed E-state index contributed by atoms with van der Waals surface area (Å²) < 4.78 is 0. The van der Waals surface area contributed by atoms with Gasteiger partial charge in [-0.3, -0.25) is 14.7 Å². The topological polar surface area (TPSA) is 53.4 Å². The molecule has 2 atom stereocenters. The smallest absolute Gasteiger partial charge is 0.307 e. The molecule has 23 heavy (non-hydrogen) atoms. The van der Waals surface area contributed by atoms with E-state index in [0.29, 0.717) is 6.54 Å². The van der Waals surface area contributed by atoms with Crippen molar-refractivity contribution in [3.63, 3.8) is 0 Å². The highest BCUT2D eigenvalue weighted by Gasteiger charge is 2.31. The van der Waals surface area contributed by atoms with E-state index in [0.717, 1.165) is 25.1 Å². The molecule has 0 spiro atoms. The van der Waals surface area contributed by atoms with E-state index in [-0.39, 0.29) is 12.0 Å². The van der Waals surface area contributed by atoms with Gasteiger partial charge < -0.3 is 5.11 Å². The van der Waals surface area contributed by atoms with Gasteiger partial charge in [-0.05, 0) is 44.0 Å². The largest absolute Gasteiger partial charge is 0.481 e. The lowest BCUT2D eigenvalue weighted by atomic mass is 9.93. The number of carbonyl (C=O) groups is 1. The minimum atomic E-state index is -0.696. The van der Waals surface area contributed by atoms with Crippen molar-refractivity contribution < 1.29 is 9.90 Å². The Balaban J connectivity index is 1.97. The molecule has 1 aromatic carbocycles. The van der Waals surface area contributed by atoms with Crippen molar-refractivity contribution in [1.29, 1.82) is 0 Å². The fourth-order valence-electron chi connectivity index (χ4n) is 3.39. The highest BCUT2D eigenvalue weighted by atomic mass is 16.4. The molecule has 1 fully saturated rings. The van der Waals surface area contributed by atoms with Crippen LogP contribution in [-0.2, 0) is 4.79 Å². The molecular weight excluding hydrogens is 288 g/mol. The number of hydrogen-bond acceptors (Lipinski definition) is 3. The number of aryl methyl sites for hydroxylation is 1. The third-order valence-electron chi connectivity index (χ3n) is 4.49. The summed E-state index contributed by atoms with van der Waals surface area (Å²) >= 11 is 0. The van der Waals surface area contributed by atoms with Crippen LogP contribution in [0.1, 0.15) is 35.7 Å². The second-order valence-electron chi connectivity index (χ2n) is 6.24. The number of piperidine rings is 1. The minimum Gasteiger partial charge on any atom is -0.481 e. The number of carboxylic acids is 1. The monoisotopic (exact) mass is 310 g/mol. The zero-order valence-electron chi connectivity index (χ0n) is 13.4. The first kappa shape index (κ1) is 15.7. The number of hydrogen-bond donors (Lipinski definition) is 1. The molecule has 0 radical (unpaired) electrons. The van der Waals surface area contributed by atoms with Gasteiger partial charge in [0.2, 0.25) is 0 Å². The Hall–Kier alpha value is -2.20. The van der Waals surface area contributed by atoms with Gasteiger partial charge in [0.05, 0.1) is 17.7 Å². The summed E-state index contributed by atoms with van der Waals surface area (Å²) in [6.07, 6.45) is 3.47. The number of carboxylic acid groups (broad SMARTS) is 1. The molecule has 120 valence electrons. The Morgan fingerprint density at radius 2 is 2.17 bits per heavy atom. The van der Waals surface area contributed by atoms with Crippen molar-refractivity contribution in [1.82, 2.24) is 9.88 Å². The van der Waals surface area contributed by atoms with Crippen LogP contribution in [0, 0.1) is 12.8 Å². The van der Waals surface area contributed by atoms with Gasteiger partial charge in [0.15, 0.2) is 0 Å². The van der Waals surface area contributed by atoms with Crippen molar-refractivity contribution in [2.24, 2.45) is 5.92 Å².